The maximum Gasteiger partial charge on any atom is 0.338 e. The SMILES string of the molecule is CCOC(=O)c1ccc(CN(c2ccccc2)S(=O)(=O)CCCN2CCN(S(C)(=O)=O)CC2)cc1. The van der Waals surface area contributed by atoms with Gasteiger partial charge in [0.15, 0.2) is 0 Å². The van der Waals surface area contributed by atoms with E-state index in [1.165, 1.54) is 14.9 Å². The highest BCUT2D eigenvalue weighted by Crippen LogP contribution is 2.22. The number of anilines is 1. The van der Waals surface area contributed by atoms with E-state index in [0.29, 0.717) is 50.4 Å². The van der Waals surface area contributed by atoms with E-state index >= 15 is 0 Å². The summed E-state index contributed by atoms with van der Waals surface area (Å²) in [5, 5.41) is 0. The summed E-state index contributed by atoms with van der Waals surface area (Å²) in [6.07, 6.45) is 1.64. The monoisotopic (exact) mass is 523 g/mol. The Morgan fingerprint density at radius 2 is 1.57 bits per heavy atom. The Bertz CT molecular complexity index is 1180. The topological polar surface area (TPSA) is 104 Å². The number of hydrogen-bond acceptors (Lipinski definition) is 7. The van der Waals surface area contributed by atoms with Crippen molar-refractivity contribution in [2.24, 2.45) is 0 Å². The predicted molar refractivity (Wildman–Crippen MR) is 136 cm³/mol. The van der Waals surface area contributed by atoms with Gasteiger partial charge in [0, 0.05) is 26.2 Å². The van der Waals surface area contributed by atoms with Gasteiger partial charge < -0.3 is 9.64 Å². The number of ether oxygens (including phenoxy) is 1. The van der Waals surface area contributed by atoms with Gasteiger partial charge in [-0.05, 0) is 49.7 Å². The highest BCUT2D eigenvalue weighted by molar-refractivity contribution is 7.92. The lowest BCUT2D eigenvalue weighted by Crippen LogP contribution is -2.48. The van der Waals surface area contributed by atoms with E-state index in [-0.39, 0.29) is 18.9 Å². The molecule has 11 heteroatoms. The van der Waals surface area contributed by atoms with Crippen molar-refractivity contribution in [3.05, 3.63) is 65.7 Å². The van der Waals surface area contributed by atoms with Crippen molar-refractivity contribution < 1.29 is 26.4 Å². The minimum atomic E-state index is -3.63. The summed E-state index contributed by atoms with van der Waals surface area (Å²) in [5.41, 5.74) is 1.74. The minimum absolute atomic E-state index is 0.0326. The van der Waals surface area contributed by atoms with Gasteiger partial charge in [0.2, 0.25) is 20.0 Å². The maximum absolute atomic E-state index is 13.4. The lowest BCUT2D eigenvalue weighted by Gasteiger charge is -2.33. The molecule has 1 aliphatic heterocycles. The van der Waals surface area contributed by atoms with Crippen LogP contribution in [0.1, 0.15) is 29.3 Å². The first kappa shape index (κ1) is 27.1. The van der Waals surface area contributed by atoms with Crippen molar-refractivity contribution in [2.75, 3.05) is 55.6 Å². The van der Waals surface area contributed by atoms with Gasteiger partial charge in [-0.1, -0.05) is 30.3 Å². The van der Waals surface area contributed by atoms with Gasteiger partial charge in [0.1, 0.15) is 0 Å². The van der Waals surface area contributed by atoms with Crippen molar-refractivity contribution in [3.8, 4) is 0 Å². The zero-order valence-electron chi connectivity index (χ0n) is 20.2. The molecule has 1 heterocycles. The molecule has 1 aliphatic rings. The van der Waals surface area contributed by atoms with Crippen LogP contribution in [-0.2, 0) is 31.3 Å². The third-order valence-electron chi connectivity index (χ3n) is 5.85. The lowest BCUT2D eigenvalue weighted by molar-refractivity contribution is 0.0526. The van der Waals surface area contributed by atoms with Gasteiger partial charge in [-0.25, -0.2) is 21.6 Å². The zero-order valence-corrected chi connectivity index (χ0v) is 21.8. The fraction of sp³-hybridized carbons (Fsp3) is 0.458. The molecule has 0 aliphatic carbocycles. The summed E-state index contributed by atoms with van der Waals surface area (Å²) in [5.74, 6) is -0.446. The first-order chi connectivity index (χ1) is 16.6. The molecule has 0 aromatic heterocycles. The van der Waals surface area contributed by atoms with Gasteiger partial charge in [0.05, 0.1) is 36.4 Å². The van der Waals surface area contributed by atoms with Crippen molar-refractivity contribution in [3.63, 3.8) is 0 Å². The Balaban J connectivity index is 1.65. The number of nitrogens with zero attached hydrogens (tertiary/aromatic N) is 3. The quantitative estimate of drug-likeness (QED) is 0.416. The van der Waals surface area contributed by atoms with Crippen LogP contribution >= 0.6 is 0 Å². The summed E-state index contributed by atoms with van der Waals surface area (Å²) in [7, 11) is -6.83. The van der Waals surface area contributed by atoms with Crippen LogP contribution < -0.4 is 4.31 Å². The number of benzene rings is 2. The summed E-state index contributed by atoms with van der Waals surface area (Å²) in [6, 6.07) is 15.7. The Morgan fingerprint density at radius 3 is 2.14 bits per heavy atom. The molecule has 0 radical (unpaired) electrons. The molecule has 0 unspecified atom stereocenters. The van der Waals surface area contributed by atoms with Crippen LogP contribution in [0.4, 0.5) is 5.69 Å². The number of hydrogen-bond donors (Lipinski definition) is 0. The molecule has 0 saturated carbocycles. The third kappa shape index (κ3) is 7.76. The molecule has 9 nitrogen and oxygen atoms in total. The third-order valence-corrected chi connectivity index (χ3v) is 8.97. The summed E-state index contributed by atoms with van der Waals surface area (Å²) >= 11 is 0. The van der Waals surface area contributed by atoms with E-state index in [1.807, 2.05) is 6.07 Å². The van der Waals surface area contributed by atoms with Crippen LogP contribution in [0.15, 0.2) is 54.6 Å². The van der Waals surface area contributed by atoms with E-state index in [2.05, 4.69) is 4.90 Å². The maximum atomic E-state index is 13.4. The zero-order chi connectivity index (χ0) is 25.5. The molecule has 0 spiro atoms. The normalized spacial score (nSPS) is 15.6. The van der Waals surface area contributed by atoms with Crippen LogP contribution in [0, 0.1) is 0 Å². The molecular formula is C24H33N3O6S2. The number of sulfonamides is 2. The van der Waals surface area contributed by atoms with Gasteiger partial charge in [0.25, 0.3) is 0 Å². The van der Waals surface area contributed by atoms with Crippen molar-refractivity contribution in [1.82, 2.24) is 9.21 Å². The molecule has 1 saturated heterocycles. The molecule has 2 aromatic rings. The molecular weight excluding hydrogens is 490 g/mol. The molecule has 1 fully saturated rings. The van der Waals surface area contributed by atoms with Crippen LogP contribution in [0.5, 0.6) is 0 Å². The Kier molecular flexibility index (Phi) is 9.28. The van der Waals surface area contributed by atoms with Crippen molar-refractivity contribution in [1.29, 1.82) is 0 Å². The number of esters is 1. The minimum Gasteiger partial charge on any atom is -0.462 e. The summed E-state index contributed by atoms with van der Waals surface area (Å²) < 4.78 is 57.9. The Morgan fingerprint density at radius 1 is 0.943 bits per heavy atom. The molecule has 192 valence electrons. The molecule has 3 rings (SSSR count). The summed E-state index contributed by atoms with van der Waals surface area (Å²) in [4.78, 5) is 14.0. The number of carbonyl (C=O) groups excluding carboxylic acids is 1. The number of carbonyl (C=O) groups is 1. The second kappa shape index (κ2) is 12.0. The molecule has 0 bridgehead atoms. The van der Waals surface area contributed by atoms with E-state index in [9.17, 15) is 21.6 Å². The van der Waals surface area contributed by atoms with Crippen LogP contribution in [0.3, 0.4) is 0 Å². The standard InChI is InChI=1S/C24H33N3O6S2/c1-3-33-24(28)22-12-10-21(11-13-22)20-27(23-8-5-4-6-9-23)35(31,32)19-7-14-25-15-17-26(18-16-25)34(2,29)30/h4-6,8-13H,3,7,14-20H2,1-2H3. The fourth-order valence-electron chi connectivity index (χ4n) is 3.94. The van der Waals surface area contributed by atoms with E-state index in [4.69, 9.17) is 4.74 Å². The average molecular weight is 524 g/mol. The Hall–Kier alpha value is -2.47. The molecule has 0 atom stereocenters. The highest BCUT2D eigenvalue weighted by Gasteiger charge is 2.26. The molecule has 0 N–H and O–H groups in total. The predicted octanol–water partition coefficient (Wildman–Crippen LogP) is 2.17. The van der Waals surface area contributed by atoms with Crippen molar-refractivity contribution in [2.45, 2.75) is 19.9 Å². The fourth-order valence-corrected chi connectivity index (χ4v) is 6.27. The van der Waals surface area contributed by atoms with Crippen LogP contribution in [0.25, 0.3) is 0 Å². The van der Waals surface area contributed by atoms with Gasteiger partial charge >= 0.3 is 5.97 Å². The first-order valence-corrected chi connectivity index (χ1v) is 15.0. The first-order valence-electron chi connectivity index (χ1n) is 11.6. The lowest BCUT2D eigenvalue weighted by atomic mass is 10.1. The second-order valence-corrected chi connectivity index (χ2v) is 12.4. The molecule has 0 amide bonds. The van der Waals surface area contributed by atoms with Crippen molar-refractivity contribution >= 4 is 31.7 Å². The Labute approximate surface area is 208 Å². The van der Waals surface area contributed by atoms with E-state index in [0.717, 1.165) is 5.56 Å². The molecule has 35 heavy (non-hydrogen) atoms. The second-order valence-electron chi connectivity index (χ2n) is 8.43. The number of rotatable bonds is 11. The number of para-hydroxylation sites is 1. The largest absolute Gasteiger partial charge is 0.462 e. The van der Waals surface area contributed by atoms with Gasteiger partial charge in [-0.2, -0.15) is 4.31 Å². The highest BCUT2D eigenvalue weighted by atomic mass is 32.2. The average Bonchev–Trinajstić information content (AvgIpc) is 2.83. The van der Waals surface area contributed by atoms with Crippen LogP contribution in [0.2, 0.25) is 0 Å². The number of piperazine rings is 1. The van der Waals surface area contributed by atoms with Gasteiger partial charge in [-0.3, -0.25) is 4.31 Å². The smallest absolute Gasteiger partial charge is 0.338 e. The van der Waals surface area contributed by atoms with E-state index < -0.39 is 26.0 Å². The summed E-state index contributed by atoms with van der Waals surface area (Å²) in [6.45, 7) is 4.76. The molecule has 2 aromatic carbocycles. The van der Waals surface area contributed by atoms with Gasteiger partial charge in [-0.15, -0.1) is 0 Å². The van der Waals surface area contributed by atoms with Crippen LogP contribution in [-0.4, -0.2) is 83.3 Å². The van der Waals surface area contributed by atoms with E-state index in [1.54, 1.807) is 55.5 Å².